The second kappa shape index (κ2) is 8.36. The number of nitrogens with two attached hydrogens (primary N) is 1. The van der Waals surface area contributed by atoms with Crippen LogP contribution in [0.5, 0.6) is 11.5 Å². The van der Waals surface area contributed by atoms with Crippen LogP contribution in [-0.4, -0.2) is 25.3 Å². The first-order valence-electron chi connectivity index (χ1n) is 7.49. The van der Waals surface area contributed by atoms with Gasteiger partial charge in [-0.25, -0.2) is 4.79 Å². The van der Waals surface area contributed by atoms with Crippen LogP contribution in [0.4, 0.5) is 23.7 Å². The summed E-state index contributed by atoms with van der Waals surface area (Å²) in [7, 11) is 2.68. The van der Waals surface area contributed by atoms with Crippen molar-refractivity contribution in [2.75, 3.05) is 19.9 Å². The zero-order chi connectivity index (χ0) is 20.2. The van der Waals surface area contributed by atoms with Crippen molar-refractivity contribution in [2.24, 2.45) is 0 Å². The lowest BCUT2D eigenvalue weighted by Crippen LogP contribution is -2.26. The van der Waals surface area contributed by atoms with Gasteiger partial charge in [-0.3, -0.25) is 4.84 Å². The van der Waals surface area contributed by atoms with Crippen LogP contribution in [0.25, 0.3) is 0 Å². The van der Waals surface area contributed by atoms with E-state index in [1.807, 2.05) is 0 Å². The molecule has 0 aromatic heterocycles. The average Bonchev–Trinajstić information content (AvgIpc) is 2.61. The molecule has 0 atom stereocenters. The molecule has 0 fully saturated rings. The lowest BCUT2D eigenvalue weighted by molar-refractivity contribution is -0.137. The molecule has 0 spiro atoms. The second-order valence-corrected chi connectivity index (χ2v) is 5.75. The summed E-state index contributed by atoms with van der Waals surface area (Å²) in [6.45, 7) is -0.156. The Morgan fingerprint density at radius 2 is 1.93 bits per heavy atom. The Labute approximate surface area is 158 Å². The number of hydrogen-bond acceptors (Lipinski definition) is 5. The highest BCUT2D eigenvalue weighted by atomic mass is 35.5. The van der Waals surface area contributed by atoms with E-state index in [-0.39, 0.29) is 23.1 Å². The summed E-state index contributed by atoms with van der Waals surface area (Å²) in [6.07, 6.45) is -5.23. The van der Waals surface area contributed by atoms with Crippen molar-refractivity contribution in [3.05, 3.63) is 52.5 Å². The van der Waals surface area contributed by atoms with Crippen LogP contribution in [0.1, 0.15) is 11.1 Å². The molecule has 2 rings (SSSR count). The molecular weight excluding hydrogens is 389 g/mol. The molecule has 2 aromatic rings. The molecule has 0 aliphatic rings. The highest BCUT2D eigenvalue weighted by molar-refractivity contribution is 6.32. The molecule has 0 bridgehead atoms. The number of benzene rings is 2. The zero-order valence-electron chi connectivity index (χ0n) is 14.3. The van der Waals surface area contributed by atoms with E-state index in [1.165, 1.54) is 32.4 Å². The SMILES string of the molecule is CON(C)C(=O)OCc1cc(Oc2ccc(C(F)(F)F)cc2Cl)ccc1N. The van der Waals surface area contributed by atoms with Crippen LogP contribution in [0.15, 0.2) is 36.4 Å². The van der Waals surface area contributed by atoms with Crippen LogP contribution in [0.3, 0.4) is 0 Å². The fraction of sp³-hybridized carbons (Fsp3) is 0.235. The molecule has 0 radical (unpaired) electrons. The predicted molar refractivity (Wildman–Crippen MR) is 92.3 cm³/mol. The summed E-state index contributed by atoms with van der Waals surface area (Å²) in [5.41, 5.74) is 5.73. The van der Waals surface area contributed by atoms with Gasteiger partial charge >= 0.3 is 12.3 Å². The lowest BCUT2D eigenvalue weighted by Gasteiger charge is -2.15. The Balaban J connectivity index is 2.15. The minimum atomic E-state index is -4.50. The molecule has 10 heteroatoms. The Morgan fingerprint density at radius 1 is 1.22 bits per heavy atom. The van der Waals surface area contributed by atoms with E-state index in [2.05, 4.69) is 4.84 Å². The Kier molecular flexibility index (Phi) is 6.40. The van der Waals surface area contributed by atoms with Gasteiger partial charge in [0.05, 0.1) is 17.7 Å². The first kappa shape index (κ1) is 20.7. The second-order valence-electron chi connectivity index (χ2n) is 5.34. The maximum atomic E-state index is 12.7. The number of carbonyl (C=O) groups excluding carboxylic acids is 1. The molecule has 6 nitrogen and oxygen atoms in total. The molecule has 0 heterocycles. The number of nitrogens with zero attached hydrogens (tertiary/aromatic N) is 1. The molecule has 0 aliphatic heterocycles. The summed E-state index contributed by atoms with van der Waals surface area (Å²) < 4.78 is 48.6. The zero-order valence-corrected chi connectivity index (χ0v) is 15.1. The largest absolute Gasteiger partial charge is 0.456 e. The van der Waals surface area contributed by atoms with Crippen molar-refractivity contribution in [3.8, 4) is 11.5 Å². The molecule has 1 amide bonds. The first-order valence-corrected chi connectivity index (χ1v) is 7.87. The van der Waals surface area contributed by atoms with Crippen LogP contribution in [0, 0.1) is 0 Å². The Bertz CT molecular complexity index is 830. The summed E-state index contributed by atoms with van der Waals surface area (Å²) >= 11 is 5.87. The Morgan fingerprint density at radius 3 is 2.52 bits per heavy atom. The highest BCUT2D eigenvalue weighted by Gasteiger charge is 2.31. The van der Waals surface area contributed by atoms with E-state index < -0.39 is 17.8 Å². The van der Waals surface area contributed by atoms with Gasteiger partial charge in [-0.05, 0) is 36.4 Å². The van der Waals surface area contributed by atoms with Gasteiger partial charge in [0, 0.05) is 18.3 Å². The monoisotopic (exact) mass is 404 g/mol. The van der Waals surface area contributed by atoms with E-state index in [4.69, 9.17) is 26.8 Å². The number of ether oxygens (including phenoxy) is 2. The first-order chi connectivity index (χ1) is 12.6. The van der Waals surface area contributed by atoms with Crippen molar-refractivity contribution in [1.29, 1.82) is 0 Å². The average molecular weight is 405 g/mol. The maximum Gasteiger partial charge on any atom is 0.433 e. The number of anilines is 1. The van der Waals surface area contributed by atoms with Crippen molar-refractivity contribution >= 4 is 23.4 Å². The number of halogens is 4. The predicted octanol–water partition coefficient (Wildman–Crippen LogP) is 4.86. The van der Waals surface area contributed by atoms with E-state index in [0.717, 1.165) is 23.3 Å². The molecule has 2 N–H and O–H groups in total. The molecule has 0 aliphatic carbocycles. The van der Waals surface area contributed by atoms with Crippen molar-refractivity contribution < 1.29 is 32.3 Å². The molecule has 0 unspecified atom stereocenters. The van der Waals surface area contributed by atoms with E-state index >= 15 is 0 Å². The van der Waals surface area contributed by atoms with Crippen LogP contribution in [-0.2, 0) is 22.4 Å². The quantitative estimate of drug-likeness (QED) is 0.569. The lowest BCUT2D eigenvalue weighted by atomic mass is 10.2. The number of rotatable bonds is 5. The third kappa shape index (κ3) is 5.41. The van der Waals surface area contributed by atoms with Crippen molar-refractivity contribution in [1.82, 2.24) is 5.06 Å². The number of amides is 1. The maximum absolute atomic E-state index is 12.7. The molecule has 146 valence electrons. The van der Waals surface area contributed by atoms with Gasteiger partial charge in [0.2, 0.25) is 0 Å². The summed E-state index contributed by atoms with van der Waals surface area (Å²) in [6, 6.07) is 7.27. The Hall–Kier alpha value is -2.65. The molecule has 2 aromatic carbocycles. The summed E-state index contributed by atoms with van der Waals surface area (Å²) in [4.78, 5) is 16.3. The van der Waals surface area contributed by atoms with E-state index in [1.54, 1.807) is 0 Å². The molecule has 0 saturated carbocycles. The van der Waals surface area contributed by atoms with Gasteiger partial charge in [-0.2, -0.15) is 18.2 Å². The number of hydroxylamine groups is 2. The van der Waals surface area contributed by atoms with Gasteiger partial charge in [0.25, 0.3) is 0 Å². The van der Waals surface area contributed by atoms with Crippen LogP contribution in [0.2, 0.25) is 5.02 Å². The smallest absolute Gasteiger partial charge is 0.433 e. The number of carbonyl (C=O) groups is 1. The highest BCUT2D eigenvalue weighted by Crippen LogP contribution is 2.36. The van der Waals surface area contributed by atoms with Gasteiger partial charge in [0.15, 0.2) is 0 Å². The summed E-state index contributed by atoms with van der Waals surface area (Å²) in [5.74, 6) is 0.300. The third-order valence-electron chi connectivity index (χ3n) is 3.48. The van der Waals surface area contributed by atoms with Crippen molar-refractivity contribution in [2.45, 2.75) is 12.8 Å². The van der Waals surface area contributed by atoms with E-state index in [0.29, 0.717) is 11.3 Å². The molecule has 0 saturated heterocycles. The van der Waals surface area contributed by atoms with Gasteiger partial charge < -0.3 is 15.2 Å². The van der Waals surface area contributed by atoms with Gasteiger partial charge in [0.1, 0.15) is 18.1 Å². The fourth-order valence-electron chi connectivity index (χ4n) is 1.96. The normalized spacial score (nSPS) is 11.2. The summed E-state index contributed by atoms with van der Waals surface area (Å²) in [5, 5.41) is 0.690. The topological polar surface area (TPSA) is 74.0 Å². The third-order valence-corrected chi connectivity index (χ3v) is 3.78. The van der Waals surface area contributed by atoms with Crippen molar-refractivity contribution in [3.63, 3.8) is 0 Å². The molecular formula is C17H16ClF3N2O4. The van der Waals surface area contributed by atoms with Crippen LogP contribution >= 0.6 is 11.6 Å². The van der Waals surface area contributed by atoms with Gasteiger partial charge in [-0.1, -0.05) is 11.6 Å². The standard InChI is InChI=1S/C17H16ClF3N2O4/c1-23(25-2)16(24)26-9-10-7-12(4-5-14(10)22)27-15-6-3-11(8-13(15)18)17(19,20)21/h3-8H,9,22H2,1-2H3. The van der Waals surface area contributed by atoms with E-state index in [9.17, 15) is 18.0 Å². The minimum Gasteiger partial charge on any atom is -0.456 e. The number of nitrogen functional groups attached to an aromatic ring is 1. The fourth-order valence-corrected chi connectivity index (χ4v) is 2.18. The minimum absolute atomic E-state index is 0.0384. The number of hydrogen-bond donors (Lipinski definition) is 1. The van der Waals surface area contributed by atoms with Gasteiger partial charge in [-0.15, -0.1) is 0 Å². The number of alkyl halides is 3. The van der Waals surface area contributed by atoms with Crippen LogP contribution < -0.4 is 10.5 Å². The molecule has 27 heavy (non-hydrogen) atoms.